The molecule has 20 heavy (non-hydrogen) atoms. The minimum absolute atomic E-state index is 0.0518. The number of carboxylic acids is 1. The molecule has 1 fully saturated rings. The molecule has 1 aliphatic rings. The summed E-state index contributed by atoms with van der Waals surface area (Å²) in [5.74, 6) is -1.33. The van der Waals surface area contributed by atoms with Crippen LogP contribution in [0.5, 0.6) is 0 Å². The number of carbonyl (C=O) groups excluding carboxylic acids is 2. The fourth-order valence-corrected chi connectivity index (χ4v) is 2.50. The van der Waals surface area contributed by atoms with Gasteiger partial charge in [0.05, 0.1) is 0 Å². The normalized spacial score (nSPS) is 19.3. The zero-order valence-electron chi connectivity index (χ0n) is 12.0. The van der Waals surface area contributed by atoms with Gasteiger partial charge in [0.25, 0.3) is 0 Å². The SMILES string of the molecule is COCC(=O)N1CCCC(N(CC(=O)O)C(C)=O)CC1. The topological polar surface area (TPSA) is 87.2 Å². The second kappa shape index (κ2) is 7.84. The van der Waals surface area contributed by atoms with E-state index in [0.717, 1.165) is 6.42 Å². The molecule has 1 heterocycles. The molecule has 0 aliphatic carbocycles. The molecule has 1 rings (SSSR count). The average molecular weight is 286 g/mol. The van der Waals surface area contributed by atoms with Crippen molar-refractivity contribution < 1.29 is 24.2 Å². The van der Waals surface area contributed by atoms with Gasteiger partial charge in [0.2, 0.25) is 11.8 Å². The lowest BCUT2D eigenvalue weighted by molar-refractivity contribution is -0.145. The second-order valence-electron chi connectivity index (χ2n) is 4.94. The van der Waals surface area contributed by atoms with Crippen molar-refractivity contribution in [3.05, 3.63) is 0 Å². The number of carbonyl (C=O) groups is 3. The fraction of sp³-hybridized carbons (Fsp3) is 0.769. The van der Waals surface area contributed by atoms with Crippen LogP contribution in [0.2, 0.25) is 0 Å². The first-order chi connectivity index (χ1) is 9.45. The fourth-order valence-electron chi connectivity index (χ4n) is 2.50. The summed E-state index contributed by atoms with van der Waals surface area (Å²) in [6.45, 7) is 2.29. The Kier molecular flexibility index (Phi) is 6.44. The van der Waals surface area contributed by atoms with Crippen molar-refractivity contribution in [2.75, 3.05) is 33.4 Å². The monoisotopic (exact) mass is 286 g/mol. The number of rotatable bonds is 5. The van der Waals surface area contributed by atoms with Gasteiger partial charge in [-0.05, 0) is 19.3 Å². The summed E-state index contributed by atoms with van der Waals surface area (Å²) in [5, 5.41) is 8.87. The van der Waals surface area contributed by atoms with E-state index in [9.17, 15) is 14.4 Å². The van der Waals surface area contributed by atoms with Crippen molar-refractivity contribution >= 4 is 17.8 Å². The Hall–Kier alpha value is -1.63. The largest absolute Gasteiger partial charge is 0.480 e. The maximum atomic E-state index is 11.8. The molecular formula is C13H22N2O5. The maximum Gasteiger partial charge on any atom is 0.323 e. The van der Waals surface area contributed by atoms with Gasteiger partial charge < -0.3 is 19.6 Å². The van der Waals surface area contributed by atoms with E-state index in [1.165, 1.54) is 18.9 Å². The first-order valence-electron chi connectivity index (χ1n) is 6.71. The third kappa shape index (κ3) is 4.80. The van der Waals surface area contributed by atoms with E-state index in [1.807, 2.05) is 0 Å². The number of methoxy groups -OCH3 is 1. The first kappa shape index (κ1) is 16.4. The van der Waals surface area contributed by atoms with Crippen LogP contribution in [0, 0.1) is 0 Å². The van der Waals surface area contributed by atoms with Crippen LogP contribution >= 0.6 is 0 Å². The van der Waals surface area contributed by atoms with Crippen LogP contribution in [-0.4, -0.2) is 72.1 Å². The molecule has 114 valence electrons. The Morgan fingerprint density at radius 1 is 1.30 bits per heavy atom. The number of hydrogen-bond acceptors (Lipinski definition) is 4. The molecule has 0 aromatic heterocycles. The van der Waals surface area contributed by atoms with Gasteiger partial charge in [-0.1, -0.05) is 0 Å². The third-order valence-corrected chi connectivity index (χ3v) is 3.47. The highest BCUT2D eigenvalue weighted by Crippen LogP contribution is 2.17. The minimum Gasteiger partial charge on any atom is -0.480 e. The van der Waals surface area contributed by atoms with Crippen LogP contribution in [-0.2, 0) is 19.1 Å². The van der Waals surface area contributed by atoms with Crippen LogP contribution in [0.15, 0.2) is 0 Å². The molecule has 0 aromatic rings. The molecule has 0 saturated carbocycles. The number of amides is 2. The maximum absolute atomic E-state index is 11.8. The van der Waals surface area contributed by atoms with Gasteiger partial charge in [0, 0.05) is 33.2 Å². The Labute approximate surface area is 118 Å². The number of hydrogen-bond donors (Lipinski definition) is 1. The quantitative estimate of drug-likeness (QED) is 0.765. The van der Waals surface area contributed by atoms with Gasteiger partial charge in [-0.25, -0.2) is 0 Å². The predicted molar refractivity (Wildman–Crippen MR) is 71.1 cm³/mol. The predicted octanol–water partition coefficient (Wildman–Crippen LogP) is -0.0530. The highest BCUT2D eigenvalue weighted by molar-refractivity contribution is 5.80. The molecule has 1 atom stereocenters. The highest BCUT2D eigenvalue weighted by Gasteiger charge is 2.27. The zero-order chi connectivity index (χ0) is 15.1. The molecular weight excluding hydrogens is 264 g/mol. The van der Waals surface area contributed by atoms with E-state index >= 15 is 0 Å². The van der Waals surface area contributed by atoms with Gasteiger partial charge >= 0.3 is 5.97 Å². The first-order valence-corrected chi connectivity index (χ1v) is 6.71. The molecule has 2 amide bonds. The molecule has 7 heteroatoms. The summed E-state index contributed by atoms with van der Waals surface area (Å²) in [6, 6.07) is -0.121. The number of aliphatic carboxylic acids is 1. The second-order valence-corrected chi connectivity index (χ2v) is 4.94. The lowest BCUT2D eigenvalue weighted by Gasteiger charge is -2.28. The Bertz CT molecular complexity index is 372. The minimum atomic E-state index is -1.02. The van der Waals surface area contributed by atoms with Gasteiger partial charge in [-0.3, -0.25) is 14.4 Å². The van der Waals surface area contributed by atoms with Crippen molar-refractivity contribution in [1.29, 1.82) is 0 Å². The molecule has 1 unspecified atom stereocenters. The summed E-state index contributed by atoms with van der Waals surface area (Å²) in [4.78, 5) is 37.3. The van der Waals surface area contributed by atoms with Gasteiger partial charge in [0.15, 0.2) is 0 Å². The standard InChI is InChI=1S/C13H22N2O5/c1-10(16)15(8-13(18)19)11-4-3-6-14(7-5-11)12(17)9-20-2/h11H,3-9H2,1-2H3,(H,18,19). The molecule has 0 spiro atoms. The molecule has 1 N–H and O–H groups in total. The summed E-state index contributed by atoms with van der Waals surface area (Å²) >= 11 is 0. The number of nitrogens with zero attached hydrogens (tertiary/aromatic N) is 2. The summed E-state index contributed by atoms with van der Waals surface area (Å²) in [7, 11) is 1.48. The van der Waals surface area contributed by atoms with Gasteiger partial charge in [-0.15, -0.1) is 0 Å². The smallest absolute Gasteiger partial charge is 0.323 e. The van der Waals surface area contributed by atoms with Crippen LogP contribution in [0.1, 0.15) is 26.2 Å². The van der Waals surface area contributed by atoms with E-state index in [-0.39, 0.29) is 31.0 Å². The molecule has 0 aromatic carbocycles. The van der Waals surface area contributed by atoms with Crippen molar-refractivity contribution in [3.63, 3.8) is 0 Å². The molecule has 7 nitrogen and oxygen atoms in total. The molecule has 1 saturated heterocycles. The van der Waals surface area contributed by atoms with Gasteiger partial charge in [0.1, 0.15) is 13.2 Å². The Balaban J connectivity index is 2.63. The summed E-state index contributed by atoms with van der Waals surface area (Å²) < 4.78 is 4.83. The van der Waals surface area contributed by atoms with Crippen LogP contribution in [0.3, 0.4) is 0 Å². The number of carboxylic acid groups (broad SMARTS) is 1. The zero-order valence-corrected chi connectivity index (χ0v) is 12.0. The lowest BCUT2D eigenvalue weighted by atomic mass is 10.1. The van der Waals surface area contributed by atoms with E-state index in [1.54, 1.807) is 4.90 Å². The summed E-state index contributed by atoms with van der Waals surface area (Å²) in [5.41, 5.74) is 0. The van der Waals surface area contributed by atoms with E-state index in [0.29, 0.717) is 25.9 Å². The van der Waals surface area contributed by atoms with E-state index in [2.05, 4.69) is 0 Å². The van der Waals surface area contributed by atoms with Gasteiger partial charge in [-0.2, -0.15) is 0 Å². The van der Waals surface area contributed by atoms with Crippen molar-refractivity contribution in [1.82, 2.24) is 9.80 Å². The summed E-state index contributed by atoms with van der Waals surface area (Å²) in [6.07, 6.45) is 2.06. The van der Waals surface area contributed by atoms with Crippen LogP contribution < -0.4 is 0 Å². The van der Waals surface area contributed by atoms with E-state index in [4.69, 9.17) is 9.84 Å². The lowest BCUT2D eigenvalue weighted by Crippen LogP contribution is -2.43. The number of ether oxygens (including phenoxy) is 1. The average Bonchev–Trinajstić information content (AvgIpc) is 2.61. The van der Waals surface area contributed by atoms with Crippen LogP contribution in [0.4, 0.5) is 0 Å². The highest BCUT2D eigenvalue weighted by atomic mass is 16.5. The van der Waals surface area contributed by atoms with Crippen molar-refractivity contribution in [3.8, 4) is 0 Å². The third-order valence-electron chi connectivity index (χ3n) is 3.47. The Morgan fingerprint density at radius 3 is 2.55 bits per heavy atom. The molecule has 1 aliphatic heterocycles. The van der Waals surface area contributed by atoms with Crippen molar-refractivity contribution in [2.45, 2.75) is 32.2 Å². The molecule has 0 radical (unpaired) electrons. The van der Waals surface area contributed by atoms with Crippen molar-refractivity contribution in [2.24, 2.45) is 0 Å². The Morgan fingerprint density at radius 2 is 2.00 bits per heavy atom. The van der Waals surface area contributed by atoms with E-state index < -0.39 is 5.97 Å². The molecule has 0 bridgehead atoms. The number of likely N-dealkylation sites (tertiary alicyclic amines) is 1. The van der Waals surface area contributed by atoms with Crippen LogP contribution in [0.25, 0.3) is 0 Å².